The molecule has 1 unspecified atom stereocenters. The lowest BCUT2D eigenvalue weighted by molar-refractivity contribution is -0.148. The number of nitrogen functional groups attached to an aromatic ring is 1. The van der Waals surface area contributed by atoms with Crippen molar-refractivity contribution in [3.8, 4) is 0 Å². The van der Waals surface area contributed by atoms with Crippen LogP contribution in [0, 0.1) is 5.92 Å². The van der Waals surface area contributed by atoms with Gasteiger partial charge < -0.3 is 24.9 Å². The topological polar surface area (TPSA) is 128 Å². The molecule has 0 saturated heterocycles. The van der Waals surface area contributed by atoms with Gasteiger partial charge in [-0.3, -0.25) is 9.78 Å². The van der Waals surface area contributed by atoms with Gasteiger partial charge in [0.25, 0.3) is 5.56 Å². The maximum absolute atomic E-state index is 11.8. The summed E-state index contributed by atoms with van der Waals surface area (Å²) in [6, 6.07) is 0. The third-order valence-corrected chi connectivity index (χ3v) is 3.44. The zero-order chi connectivity index (χ0) is 16.8. The molecule has 23 heavy (non-hydrogen) atoms. The van der Waals surface area contributed by atoms with E-state index >= 15 is 0 Å². The summed E-state index contributed by atoms with van der Waals surface area (Å²) in [4.78, 5) is 22.4. The van der Waals surface area contributed by atoms with Gasteiger partial charge in [-0.2, -0.15) is 4.98 Å². The van der Waals surface area contributed by atoms with Crippen molar-refractivity contribution in [1.82, 2.24) is 19.5 Å². The molecule has 2 aromatic rings. The summed E-state index contributed by atoms with van der Waals surface area (Å²) in [6.45, 7) is 5.23. The van der Waals surface area contributed by atoms with Crippen molar-refractivity contribution in [2.24, 2.45) is 5.92 Å². The average molecular weight is 325 g/mol. The number of aromatic nitrogens is 4. The first-order valence-electron chi connectivity index (χ1n) is 7.63. The van der Waals surface area contributed by atoms with Crippen molar-refractivity contribution in [2.75, 3.05) is 25.6 Å². The first-order valence-corrected chi connectivity index (χ1v) is 7.63. The van der Waals surface area contributed by atoms with Gasteiger partial charge in [-0.15, -0.1) is 0 Å². The van der Waals surface area contributed by atoms with Gasteiger partial charge in [0.2, 0.25) is 5.95 Å². The minimum Gasteiger partial charge on any atom is -0.396 e. The van der Waals surface area contributed by atoms with E-state index in [0.29, 0.717) is 31.8 Å². The van der Waals surface area contributed by atoms with Gasteiger partial charge in [0.05, 0.1) is 6.33 Å². The summed E-state index contributed by atoms with van der Waals surface area (Å²) in [6.07, 6.45) is 1.67. The SMILES string of the molecule is CCOC(CC(CO)Cn1cnc2c(=O)[nH]c(N)nc21)OCC. The van der Waals surface area contributed by atoms with Gasteiger partial charge in [-0.1, -0.05) is 0 Å². The van der Waals surface area contributed by atoms with E-state index in [0.717, 1.165) is 0 Å². The van der Waals surface area contributed by atoms with Gasteiger partial charge in [0, 0.05) is 38.7 Å². The Bertz CT molecular complexity index is 677. The highest BCUT2D eigenvalue weighted by Gasteiger charge is 2.19. The molecule has 0 aliphatic carbocycles. The number of rotatable bonds is 9. The maximum atomic E-state index is 11.8. The number of aliphatic hydroxyl groups excluding tert-OH is 1. The summed E-state index contributed by atoms with van der Waals surface area (Å²) in [7, 11) is 0. The molecule has 9 nitrogen and oxygen atoms in total. The van der Waals surface area contributed by atoms with Crippen LogP contribution in [0.15, 0.2) is 11.1 Å². The van der Waals surface area contributed by atoms with Crippen LogP contribution in [-0.2, 0) is 16.0 Å². The second-order valence-electron chi connectivity index (χ2n) is 5.14. The van der Waals surface area contributed by atoms with E-state index in [9.17, 15) is 9.90 Å². The summed E-state index contributed by atoms with van der Waals surface area (Å²) in [5.74, 6) is -0.0934. The maximum Gasteiger partial charge on any atom is 0.280 e. The molecule has 9 heteroatoms. The van der Waals surface area contributed by atoms with Gasteiger partial charge in [0.15, 0.2) is 17.5 Å². The minimum absolute atomic E-state index is 0.0336. The Kier molecular flexibility index (Phi) is 6.08. The van der Waals surface area contributed by atoms with Gasteiger partial charge in [0.1, 0.15) is 0 Å². The molecule has 2 aromatic heterocycles. The molecule has 4 N–H and O–H groups in total. The molecule has 2 heterocycles. The first kappa shape index (κ1) is 17.4. The number of nitrogens with zero attached hydrogens (tertiary/aromatic N) is 3. The molecule has 128 valence electrons. The lowest BCUT2D eigenvalue weighted by Gasteiger charge is -2.22. The molecule has 0 bridgehead atoms. The number of aliphatic hydroxyl groups is 1. The fourth-order valence-electron chi connectivity index (χ4n) is 2.42. The van der Waals surface area contributed by atoms with E-state index < -0.39 is 0 Å². The van der Waals surface area contributed by atoms with Crippen LogP contribution in [-0.4, -0.2) is 50.7 Å². The van der Waals surface area contributed by atoms with Crippen molar-refractivity contribution < 1.29 is 14.6 Å². The van der Waals surface area contributed by atoms with Crippen LogP contribution in [0.1, 0.15) is 20.3 Å². The number of fused-ring (bicyclic) bond motifs is 1. The first-order chi connectivity index (χ1) is 11.1. The molecule has 0 amide bonds. The van der Waals surface area contributed by atoms with Crippen LogP contribution in [0.3, 0.4) is 0 Å². The molecule has 0 aromatic carbocycles. The van der Waals surface area contributed by atoms with Crippen molar-refractivity contribution >= 4 is 17.1 Å². The normalized spacial score (nSPS) is 13.0. The fraction of sp³-hybridized carbons (Fsp3) is 0.643. The number of ether oxygens (including phenoxy) is 2. The second-order valence-corrected chi connectivity index (χ2v) is 5.14. The van der Waals surface area contributed by atoms with Gasteiger partial charge in [-0.25, -0.2) is 4.98 Å². The van der Waals surface area contributed by atoms with E-state index in [-0.39, 0.29) is 35.8 Å². The van der Waals surface area contributed by atoms with E-state index in [4.69, 9.17) is 15.2 Å². The third kappa shape index (κ3) is 4.27. The summed E-state index contributed by atoms with van der Waals surface area (Å²) >= 11 is 0. The molecular weight excluding hydrogens is 302 g/mol. The third-order valence-electron chi connectivity index (χ3n) is 3.44. The van der Waals surface area contributed by atoms with E-state index in [2.05, 4.69) is 15.0 Å². The number of hydrogen-bond donors (Lipinski definition) is 3. The van der Waals surface area contributed by atoms with E-state index in [1.807, 2.05) is 13.8 Å². The van der Waals surface area contributed by atoms with Crippen LogP contribution >= 0.6 is 0 Å². The number of imidazole rings is 1. The molecule has 1 atom stereocenters. The van der Waals surface area contributed by atoms with Crippen LogP contribution in [0.5, 0.6) is 0 Å². The highest BCUT2D eigenvalue weighted by molar-refractivity contribution is 5.70. The van der Waals surface area contributed by atoms with E-state index in [1.165, 1.54) is 6.33 Å². The second kappa shape index (κ2) is 8.04. The Balaban J connectivity index is 2.17. The summed E-state index contributed by atoms with van der Waals surface area (Å²) < 4.78 is 12.7. The molecule has 0 aliphatic rings. The Labute approximate surface area is 133 Å². The number of nitrogens with two attached hydrogens (primary N) is 1. The van der Waals surface area contributed by atoms with Gasteiger partial charge >= 0.3 is 0 Å². The zero-order valence-corrected chi connectivity index (χ0v) is 13.4. The fourth-order valence-corrected chi connectivity index (χ4v) is 2.42. The minimum atomic E-state index is -0.381. The van der Waals surface area contributed by atoms with Crippen LogP contribution in [0.4, 0.5) is 5.95 Å². The van der Waals surface area contributed by atoms with Gasteiger partial charge in [-0.05, 0) is 13.8 Å². The summed E-state index contributed by atoms with van der Waals surface area (Å²) in [5.41, 5.74) is 5.82. The monoisotopic (exact) mass is 325 g/mol. The number of nitrogens with one attached hydrogen (secondary N) is 1. The Morgan fingerprint density at radius 2 is 2.09 bits per heavy atom. The Hall–Kier alpha value is -1.97. The molecule has 0 aliphatic heterocycles. The number of hydrogen-bond acceptors (Lipinski definition) is 7. The quantitative estimate of drug-likeness (QED) is 0.558. The molecule has 0 spiro atoms. The molecular formula is C14H23N5O4. The van der Waals surface area contributed by atoms with Crippen molar-refractivity contribution in [3.05, 3.63) is 16.7 Å². The summed E-state index contributed by atoms with van der Waals surface area (Å²) in [5, 5.41) is 9.63. The number of anilines is 1. The predicted octanol–water partition coefficient (Wildman–Crippen LogP) is 0.0995. The van der Waals surface area contributed by atoms with Crippen LogP contribution in [0.2, 0.25) is 0 Å². The largest absolute Gasteiger partial charge is 0.396 e. The highest BCUT2D eigenvalue weighted by atomic mass is 16.7. The molecule has 0 radical (unpaired) electrons. The van der Waals surface area contributed by atoms with E-state index in [1.54, 1.807) is 4.57 Å². The zero-order valence-electron chi connectivity index (χ0n) is 13.4. The predicted molar refractivity (Wildman–Crippen MR) is 84.8 cm³/mol. The Morgan fingerprint density at radius 1 is 1.39 bits per heavy atom. The van der Waals surface area contributed by atoms with Crippen LogP contribution in [0.25, 0.3) is 11.2 Å². The lowest BCUT2D eigenvalue weighted by atomic mass is 10.1. The van der Waals surface area contributed by atoms with Crippen molar-refractivity contribution in [1.29, 1.82) is 0 Å². The average Bonchev–Trinajstić information content (AvgIpc) is 2.90. The molecule has 0 fully saturated rings. The van der Waals surface area contributed by atoms with Crippen LogP contribution < -0.4 is 11.3 Å². The van der Waals surface area contributed by atoms with Crippen molar-refractivity contribution in [3.63, 3.8) is 0 Å². The molecule has 0 saturated carbocycles. The lowest BCUT2D eigenvalue weighted by Crippen LogP contribution is -2.25. The van der Waals surface area contributed by atoms with Crippen molar-refractivity contribution in [2.45, 2.75) is 33.1 Å². The number of H-pyrrole nitrogens is 1. The highest BCUT2D eigenvalue weighted by Crippen LogP contribution is 2.16. The Morgan fingerprint density at radius 3 is 2.70 bits per heavy atom. The number of aromatic amines is 1. The smallest absolute Gasteiger partial charge is 0.280 e. The standard InChI is InChI=1S/C14H23N5O4/c1-3-22-10(23-4-2)5-9(7-20)6-19-8-16-11-12(19)17-14(15)18-13(11)21/h8-10,20H,3-7H2,1-2H3,(H3,15,17,18,21). The molecule has 2 rings (SSSR count).